The molecule has 0 radical (unpaired) electrons. The van der Waals surface area contributed by atoms with E-state index in [1.54, 1.807) is 6.08 Å². The van der Waals surface area contributed by atoms with Crippen LogP contribution in [0.5, 0.6) is 0 Å². The van der Waals surface area contributed by atoms with E-state index < -0.39 is 0 Å². The van der Waals surface area contributed by atoms with Gasteiger partial charge in [0, 0.05) is 13.0 Å². The third-order valence-corrected chi connectivity index (χ3v) is 1.17. The molecule has 0 heterocycles. The van der Waals surface area contributed by atoms with Crippen LogP contribution in [0, 0.1) is 0 Å². The van der Waals surface area contributed by atoms with Crippen molar-refractivity contribution in [3.05, 3.63) is 25.4 Å². The van der Waals surface area contributed by atoms with Crippen LogP contribution in [-0.4, -0.2) is 17.4 Å². The number of hydrogen-bond acceptors (Lipinski definition) is 1. The lowest BCUT2D eigenvalue weighted by atomic mass is 10.4. The van der Waals surface area contributed by atoms with Crippen LogP contribution in [0.2, 0.25) is 0 Å². The number of rotatable bonds is 4. The van der Waals surface area contributed by atoms with E-state index in [9.17, 15) is 4.79 Å². The molecule has 0 saturated carbocycles. The zero-order valence-corrected chi connectivity index (χ0v) is 6.34. The first kappa shape index (κ1) is 8.95. The molecule has 0 aromatic carbocycles. The van der Waals surface area contributed by atoms with E-state index in [4.69, 9.17) is 0 Å². The van der Waals surface area contributed by atoms with Gasteiger partial charge in [-0.15, -0.1) is 6.58 Å². The van der Waals surface area contributed by atoms with Gasteiger partial charge in [0.25, 0.3) is 0 Å². The first-order valence-corrected chi connectivity index (χ1v) is 3.29. The van der Waals surface area contributed by atoms with Crippen molar-refractivity contribution in [2.75, 3.05) is 6.54 Å². The fraction of sp³-hybridized carbons (Fsp3) is 0.375. The molecule has 0 unspecified atom stereocenters. The highest BCUT2D eigenvalue weighted by molar-refractivity contribution is 5.76. The van der Waals surface area contributed by atoms with Crippen molar-refractivity contribution in [3.8, 4) is 0 Å². The lowest BCUT2D eigenvalue weighted by molar-refractivity contribution is -0.127. The van der Waals surface area contributed by atoms with Crippen molar-refractivity contribution in [1.29, 1.82) is 0 Å². The van der Waals surface area contributed by atoms with Gasteiger partial charge in [0.05, 0.1) is 0 Å². The third-order valence-electron chi connectivity index (χ3n) is 1.17. The summed E-state index contributed by atoms with van der Waals surface area (Å²) >= 11 is 0. The topological polar surface area (TPSA) is 20.3 Å². The first-order chi connectivity index (χ1) is 4.76. The second-order valence-corrected chi connectivity index (χ2v) is 1.87. The summed E-state index contributed by atoms with van der Waals surface area (Å²) < 4.78 is 0. The fourth-order valence-electron chi connectivity index (χ4n) is 0.620. The largest absolute Gasteiger partial charge is 0.316 e. The minimum Gasteiger partial charge on any atom is -0.316 e. The Hall–Kier alpha value is -1.05. The lowest BCUT2D eigenvalue weighted by Crippen LogP contribution is -2.24. The van der Waals surface area contributed by atoms with Crippen molar-refractivity contribution in [3.63, 3.8) is 0 Å². The Kier molecular flexibility index (Phi) is 4.29. The van der Waals surface area contributed by atoms with E-state index >= 15 is 0 Å². The second kappa shape index (κ2) is 4.79. The third kappa shape index (κ3) is 2.49. The van der Waals surface area contributed by atoms with E-state index in [1.165, 1.54) is 11.1 Å². The maximum absolute atomic E-state index is 10.9. The maximum Gasteiger partial charge on any atom is 0.226 e. The summed E-state index contributed by atoms with van der Waals surface area (Å²) in [5, 5.41) is 0. The molecule has 0 spiro atoms. The minimum atomic E-state index is 0.0786. The molecule has 0 aliphatic rings. The van der Waals surface area contributed by atoms with Crippen molar-refractivity contribution in [2.24, 2.45) is 0 Å². The van der Waals surface area contributed by atoms with E-state index in [2.05, 4.69) is 13.2 Å². The summed E-state index contributed by atoms with van der Waals surface area (Å²) in [5.74, 6) is 0.0786. The molecule has 0 rings (SSSR count). The lowest BCUT2D eigenvalue weighted by Gasteiger charge is -2.13. The van der Waals surface area contributed by atoms with Crippen LogP contribution in [0.4, 0.5) is 0 Å². The van der Waals surface area contributed by atoms with E-state index in [0.717, 1.165) is 0 Å². The summed E-state index contributed by atoms with van der Waals surface area (Å²) in [6.07, 6.45) is 3.71. The van der Waals surface area contributed by atoms with Crippen molar-refractivity contribution < 1.29 is 4.79 Å². The minimum absolute atomic E-state index is 0.0786. The van der Waals surface area contributed by atoms with Gasteiger partial charge < -0.3 is 4.90 Å². The van der Waals surface area contributed by atoms with Gasteiger partial charge in [-0.05, 0) is 6.20 Å². The molecule has 2 nitrogen and oxygen atoms in total. The highest BCUT2D eigenvalue weighted by Gasteiger charge is 2.03. The standard InChI is InChI=1S/C8H13NO/c1-4-7-9(6-3)8(10)5-2/h4,6H,1,3,5,7H2,2H3. The molecule has 10 heavy (non-hydrogen) atoms. The molecule has 2 heteroatoms. The Balaban J connectivity index is 3.91. The van der Waals surface area contributed by atoms with Gasteiger partial charge in [-0.3, -0.25) is 4.79 Å². The Labute approximate surface area is 61.8 Å². The molecule has 0 aromatic rings. The van der Waals surface area contributed by atoms with Gasteiger partial charge in [0.15, 0.2) is 0 Å². The van der Waals surface area contributed by atoms with Crippen LogP contribution < -0.4 is 0 Å². The molecule has 0 aromatic heterocycles. The molecule has 0 aliphatic carbocycles. The van der Waals surface area contributed by atoms with Crippen LogP contribution in [0.1, 0.15) is 13.3 Å². The SMILES string of the molecule is C=CCN(C=C)C(=O)CC. The van der Waals surface area contributed by atoms with Crippen LogP contribution in [0.3, 0.4) is 0 Å². The number of hydrogen-bond donors (Lipinski definition) is 0. The van der Waals surface area contributed by atoms with Gasteiger partial charge in [0.2, 0.25) is 5.91 Å². The fourth-order valence-corrected chi connectivity index (χ4v) is 0.620. The van der Waals surface area contributed by atoms with Crippen LogP contribution >= 0.6 is 0 Å². The molecule has 1 amide bonds. The van der Waals surface area contributed by atoms with E-state index in [-0.39, 0.29) is 5.91 Å². The summed E-state index contributed by atoms with van der Waals surface area (Å²) in [6, 6.07) is 0. The Morgan fingerprint density at radius 2 is 2.20 bits per heavy atom. The molecular weight excluding hydrogens is 126 g/mol. The summed E-state index contributed by atoms with van der Waals surface area (Å²) in [4.78, 5) is 12.5. The summed E-state index contributed by atoms with van der Waals surface area (Å²) in [6.45, 7) is 9.40. The van der Waals surface area contributed by atoms with Crippen LogP contribution in [0.25, 0.3) is 0 Å². The number of nitrogens with zero attached hydrogens (tertiary/aromatic N) is 1. The number of carbonyl (C=O) groups is 1. The van der Waals surface area contributed by atoms with Gasteiger partial charge in [-0.2, -0.15) is 0 Å². The molecule has 56 valence electrons. The Bertz CT molecular complexity index is 140. The molecule has 0 saturated heterocycles. The normalized spacial score (nSPS) is 8.50. The molecule has 0 fully saturated rings. The smallest absolute Gasteiger partial charge is 0.226 e. The van der Waals surface area contributed by atoms with Gasteiger partial charge in [0.1, 0.15) is 0 Å². The maximum atomic E-state index is 10.9. The van der Waals surface area contributed by atoms with Crippen LogP contribution in [-0.2, 0) is 4.79 Å². The predicted molar refractivity (Wildman–Crippen MR) is 42.4 cm³/mol. The van der Waals surface area contributed by atoms with Gasteiger partial charge >= 0.3 is 0 Å². The first-order valence-electron chi connectivity index (χ1n) is 3.29. The average molecular weight is 139 g/mol. The van der Waals surface area contributed by atoms with Gasteiger partial charge in [-0.1, -0.05) is 19.6 Å². The van der Waals surface area contributed by atoms with Crippen molar-refractivity contribution in [2.45, 2.75) is 13.3 Å². The van der Waals surface area contributed by atoms with Crippen molar-refractivity contribution >= 4 is 5.91 Å². The van der Waals surface area contributed by atoms with E-state index in [1.807, 2.05) is 6.92 Å². The molecular formula is C8H13NO. The monoisotopic (exact) mass is 139 g/mol. The zero-order valence-electron chi connectivity index (χ0n) is 6.34. The molecule has 0 bridgehead atoms. The predicted octanol–water partition coefficient (Wildman–Crippen LogP) is 1.55. The van der Waals surface area contributed by atoms with E-state index in [0.29, 0.717) is 13.0 Å². The molecule has 0 atom stereocenters. The Morgan fingerprint density at radius 3 is 2.50 bits per heavy atom. The molecule has 0 aliphatic heterocycles. The molecule has 0 N–H and O–H groups in total. The number of amides is 1. The number of carbonyl (C=O) groups excluding carboxylic acids is 1. The summed E-state index contributed by atoms with van der Waals surface area (Å²) in [5.41, 5.74) is 0. The van der Waals surface area contributed by atoms with Crippen molar-refractivity contribution in [1.82, 2.24) is 4.90 Å². The quantitative estimate of drug-likeness (QED) is 0.541. The van der Waals surface area contributed by atoms with Crippen LogP contribution in [0.15, 0.2) is 25.4 Å². The van der Waals surface area contributed by atoms with Gasteiger partial charge in [-0.25, -0.2) is 0 Å². The highest BCUT2D eigenvalue weighted by atomic mass is 16.2. The average Bonchev–Trinajstić information content (AvgIpc) is 1.99. The summed E-state index contributed by atoms with van der Waals surface area (Å²) in [7, 11) is 0. The zero-order chi connectivity index (χ0) is 7.98. The highest BCUT2D eigenvalue weighted by Crippen LogP contribution is 1.93. The second-order valence-electron chi connectivity index (χ2n) is 1.87. The Morgan fingerprint density at radius 1 is 1.60 bits per heavy atom.